The van der Waals surface area contributed by atoms with Crippen molar-refractivity contribution in [2.45, 2.75) is 31.7 Å². The molecule has 1 aliphatic carbocycles. The van der Waals surface area contributed by atoms with Gasteiger partial charge < -0.3 is 9.47 Å². The fourth-order valence-corrected chi connectivity index (χ4v) is 4.52. The van der Waals surface area contributed by atoms with Gasteiger partial charge >= 0.3 is 11.9 Å². The van der Waals surface area contributed by atoms with E-state index >= 15 is 0 Å². The van der Waals surface area contributed by atoms with E-state index in [9.17, 15) is 9.59 Å². The van der Waals surface area contributed by atoms with Crippen LogP contribution in [0.5, 0.6) is 0 Å². The summed E-state index contributed by atoms with van der Waals surface area (Å²) < 4.78 is 9.83. The number of ether oxygens (including phenoxy) is 2. The predicted molar refractivity (Wildman–Crippen MR) is 96.4 cm³/mol. The van der Waals surface area contributed by atoms with Gasteiger partial charge in [-0.3, -0.25) is 4.90 Å². The largest absolute Gasteiger partial charge is 0.466 e. The zero-order valence-electron chi connectivity index (χ0n) is 15.2. The Morgan fingerprint density at radius 2 is 1.65 bits per heavy atom. The fourth-order valence-electron chi connectivity index (χ4n) is 4.52. The molecule has 1 unspecified atom stereocenters. The van der Waals surface area contributed by atoms with Crippen molar-refractivity contribution < 1.29 is 19.1 Å². The predicted octanol–water partition coefficient (Wildman–Crippen LogP) is 2.72. The van der Waals surface area contributed by atoms with Gasteiger partial charge in [-0.15, -0.1) is 0 Å². The van der Waals surface area contributed by atoms with Crippen molar-refractivity contribution in [2.24, 2.45) is 0 Å². The van der Waals surface area contributed by atoms with Gasteiger partial charge in [0.2, 0.25) is 0 Å². The molecule has 5 nitrogen and oxygen atoms in total. The zero-order chi connectivity index (χ0) is 18.3. The van der Waals surface area contributed by atoms with E-state index in [-0.39, 0.29) is 0 Å². The molecule has 0 radical (unpaired) electrons. The quantitative estimate of drug-likeness (QED) is 0.604. The molecule has 26 heavy (non-hydrogen) atoms. The Kier molecular flexibility index (Phi) is 4.41. The van der Waals surface area contributed by atoms with Crippen LogP contribution in [0, 0.1) is 0 Å². The van der Waals surface area contributed by atoms with Crippen LogP contribution in [0.2, 0.25) is 0 Å². The minimum atomic E-state index is -0.428. The van der Waals surface area contributed by atoms with Gasteiger partial charge in [-0.05, 0) is 24.0 Å². The summed E-state index contributed by atoms with van der Waals surface area (Å²) in [6.07, 6.45) is 2.93. The fraction of sp³-hybridized carbons (Fsp3) is 0.429. The van der Waals surface area contributed by atoms with Gasteiger partial charge in [0.25, 0.3) is 0 Å². The Hall–Kier alpha value is -2.40. The van der Waals surface area contributed by atoms with Crippen molar-refractivity contribution in [3.05, 3.63) is 57.7 Å². The molecule has 0 N–H and O–H groups in total. The highest BCUT2D eigenvalue weighted by Crippen LogP contribution is 2.44. The lowest BCUT2D eigenvalue weighted by Gasteiger charge is -2.43. The first kappa shape index (κ1) is 17.0. The van der Waals surface area contributed by atoms with Crippen molar-refractivity contribution in [3.8, 4) is 0 Å². The van der Waals surface area contributed by atoms with E-state index < -0.39 is 11.9 Å². The summed E-state index contributed by atoms with van der Waals surface area (Å²) >= 11 is 0. The van der Waals surface area contributed by atoms with Crippen molar-refractivity contribution in [1.82, 2.24) is 4.90 Å². The third kappa shape index (κ3) is 2.76. The molecule has 0 bridgehead atoms. The van der Waals surface area contributed by atoms with Gasteiger partial charge in [-0.2, -0.15) is 0 Å². The summed E-state index contributed by atoms with van der Waals surface area (Å²) in [5, 5.41) is 0. The number of hydrogen-bond acceptors (Lipinski definition) is 5. The minimum absolute atomic E-state index is 0.359. The van der Waals surface area contributed by atoms with Crippen LogP contribution in [0.25, 0.3) is 0 Å². The number of nitrogens with zero attached hydrogens (tertiary/aromatic N) is 1. The Morgan fingerprint density at radius 3 is 2.35 bits per heavy atom. The number of rotatable bonds is 2. The first-order valence-electron chi connectivity index (χ1n) is 9.02. The number of esters is 2. The van der Waals surface area contributed by atoms with E-state index in [0.29, 0.717) is 30.0 Å². The van der Waals surface area contributed by atoms with Gasteiger partial charge in [-0.25, -0.2) is 9.59 Å². The molecule has 0 spiro atoms. The van der Waals surface area contributed by atoms with Crippen molar-refractivity contribution in [1.29, 1.82) is 0 Å². The second kappa shape index (κ2) is 6.72. The highest BCUT2D eigenvalue weighted by atomic mass is 16.5. The van der Waals surface area contributed by atoms with Crippen molar-refractivity contribution >= 4 is 11.9 Å². The van der Waals surface area contributed by atoms with Crippen molar-refractivity contribution in [3.63, 3.8) is 0 Å². The molecule has 0 saturated heterocycles. The Bertz CT molecular complexity index is 836. The monoisotopic (exact) mass is 353 g/mol. The van der Waals surface area contributed by atoms with Crippen LogP contribution in [0.15, 0.2) is 46.6 Å². The lowest BCUT2D eigenvalue weighted by atomic mass is 9.77. The second-order valence-corrected chi connectivity index (χ2v) is 7.14. The van der Waals surface area contributed by atoms with Crippen LogP contribution in [0.3, 0.4) is 0 Å². The molecule has 1 atom stereocenters. The van der Waals surface area contributed by atoms with Crippen LogP contribution < -0.4 is 0 Å². The molecule has 0 aromatic heterocycles. The normalized spacial score (nSPS) is 22.3. The number of hydrogen-bond donors (Lipinski definition) is 0. The van der Waals surface area contributed by atoms with Crippen LogP contribution in [-0.4, -0.2) is 44.1 Å². The Labute approximate surface area is 153 Å². The third-order valence-corrected chi connectivity index (χ3v) is 5.87. The third-order valence-electron chi connectivity index (χ3n) is 5.87. The average molecular weight is 353 g/mol. The van der Waals surface area contributed by atoms with E-state index in [1.165, 1.54) is 36.5 Å². The molecule has 2 aliphatic heterocycles. The van der Waals surface area contributed by atoms with E-state index in [1.54, 1.807) is 0 Å². The first-order valence-corrected chi connectivity index (χ1v) is 9.02. The SMILES string of the molecule is COC(=O)C1=C(C(=O)OC)CC2=C(C1)CC1c3ccccc3CCN1C2. The first-order chi connectivity index (χ1) is 12.6. The standard InChI is InChI=1S/C21H23NO4/c1-25-20(23)17-9-14-11-19-16-6-4-3-5-13(16)7-8-22(19)12-15(14)10-18(17)21(24)26-2/h3-6,19H,7-12H2,1-2H3. The summed E-state index contributed by atoms with van der Waals surface area (Å²) in [4.78, 5) is 26.9. The van der Waals surface area contributed by atoms with Gasteiger partial charge in [-0.1, -0.05) is 35.4 Å². The molecule has 0 fully saturated rings. The molecule has 0 saturated carbocycles. The Balaban J connectivity index is 1.66. The summed E-state index contributed by atoms with van der Waals surface area (Å²) in [6, 6.07) is 8.99. The van der Waals surface area contributed by atoms with Crippen LogP contribution in [-0.2, 0) is 25.5 Å². The lowest BCUT2D eigenvalue weighted by Crippen LogP contribution is -2.41. The minimum Gasteiger partial charge on any atom is -0.466 e. The zero-order valence-corrected chi connectivity index (χ0v) is 15.2. The molecule has 3 aliphatic rings. The molecule has 4 rings (SSSR count). The van der Waals surface area contributed by atoms with Crippen molar-refractivity contribution in [2.75, 3.05) is 27.3 Å². The summed E-state index contributed by atoms with van der Waals surface area (Å²) in [5.74, 6) is -0.855. The highest BCUT2D eigenvalue weighted by Gasteiger charge is 2.37. The topological polar surface area (TPSA) is 55.8 Å². The van der Waals surface area contributed by atoms with Gasteiger partial charge in [0.05, 0.1) is 25.4 Å². The van der Waals surface area contributed by atoms with Crippen LogP contribution in [0.1, 0.15) is 36.4 Å². The molecule has 2 heterocycles. The summed E-state index contributed by atoms with van der Waals surface area (Å²) in [5.41, 5.74) is 6.26. The maximum Gasteiger partial charge on any atom is 0.334 e. The Morgan fingerprint density at radius 1 is 1.00 bits per heavy atom. The van der Waals surface area contributed by atoms with Gasteiger partial charge in [0.1, 0.15) is 0 Å². The lowest BCUT2D eigenvalue weighted by molar-refractivity contribution is -0.139. The number of benzene rings is 1. The summed E-state index contributed by atoms with van der Waals surface area (Å²) in [6.45, 7) is 1.88. The average Bonchev–Trinajstić information content (AvgIpc) is 2.70. The molecular weight excluding hydrogens is 330 g/mol. The van der Waals surface area contributed by atoms with E-state index in [2.05, 4.69) is 29.2 Å². The number of carbonyl (C=O) groups is 2. The molecule has 1 aromatic rings. The van der Waals surface area contributed by atoms with E-state index in [0.717, 1.165) is 25.9 Å². The smallest absolute Gasteiger partial charge is 0.334 e. The number of carbonyl (C=O) groups excluding carboxylic acids is 2. The molecule has 1 aromatic carbocycles. The summed E-state index contributed by atoms with van der Waals surface area (Å²) in [7, 11) is 2.71. The molecule has 5 heteroatoms. The molecule has 136 valence electrons. The van der Waals surface area contributed by atoms with Gasteiger partial charge in [0.15, 0.2) is 0 Å². The van der Waals surface area contributed by atoms with Crippen LogP contribution >= 0.6 is 0 Å². The maximum atomic E-state index is 12.2. The highest BCUT2D eigenvalue weighted by molar-refractivity contribution is 6.01. The van der Waals surface area contributed by atoms with Crippen LogP contribution in [0.4, 0.5) is 0 Å². The molecular formula is C21H23NO4. The maximum absolute atomic E-state index is 12.2. The van der Waals surface area contributed by atoms with E-state index in [1.807, 2.05) is 0 Å². The van der Waals surface area contributed by atoms with Gasteiger partial charge in [0, 0.05) is 32.0 Å². The number of fused-ring (bicyclic) bond motifs is 3. The number of methoxy groups -OCH3 is 2. The second-order valence-electron chi connectivity index (χ2n) is 7.14. The molecule has 0 amide bonds. The van der Waals surface area contributed by atoms with E-state index in [4.69, 9.17) is 9.47 Å².